The Morgan fingerprint density at radius 3 is 2.52 bits per heavy atom. The topological polar surface area (TPSA) is 55.4 Å². The Kier molecular flexibility index (Phi) is 7.18. The van der Waals surface area contributed by atoms with Gasteiger partial charge in [0.25, 0.3) is 0 Å². The van der Waals surface area contributed by atoms with Crippen molar-refractivity contribution >= 4 is 11.9 Å². The van der Waals surface area contributed by atoms with Gasteiger partial charge in [0.05, 0.1) is 6.54 Å². The van der Waals surface area contributed by atoms with Crippen LogP contribution in [0.2, 0.25) is 0 Å². The predicted octanol–water partition coefficient (Wildman–Crippen LogP) is 5.74. The summed E-state index contributed by atoms with van der Waals surface area (Å²) in [5.74, 6) is 7.01. The number of carbonyl (C=O) groups is 2. The average Bonchev–Trinajstić information content (AvgIpc) is 3.13. The number of esters is 1. The maximum Gasteiger partial charge on any atom is 0.302 e. The van der Waals surface area contributed by atoms with Crippen LogP contribution in [-0.4, -0.2) is 24.5 Å². The highest BCUT2D eigenvalue weighted by atomic mass is 16.5. The number of fused-ring (bicyclic) bond motifs is 5. The van der Waals surface area contributed by atoms with E-state index in [0.717, 1.165) is 42.9 Å². The second-order valence-electron chi connectivity index (χ2n) is 12.4. The zero-order valence-corrected chi connectivity index (χ0v) is 21.3. The van der Waals surface area contributed by atoms with E-state index in [0.29, 0.717) is 35.6 Å². The minimum absolute atomic E-state index is 0.0961. The minimum Gasteiger partial charge on any atom is -0.463 e. The lowest BCUT2D eigenvalue weighted by Crippen LogP contribution is -2.54. The van der Waals surface area contributed by atoms with Crippen LogP contribution in [0.3, 0.4) is 0 Å². The van der Waals surface area contributed by atoms with Crippen LogP contribution in [0.5, 0.6) is 0 Å². The second-order valence-corrected chi connectivity index (χ2v) is 12.4. The van der Waals surface area contributed by atoms with E-state index in [2.05, 4.69) is 32.0 Å². The van der Waals surface area contributed by atoms with Crippen LogP contribution in [0.4, 0.5) is 0 Å². The lowest BCUT2D eigenvalue weighted by Gasteiger charge is -2.61. The first-order chi connectivity index (χ1) is 15.7. The van der Waals surface area contributed by atoms with E-state index in [9.17, 15) is 9.59 Å². The Morgan fingerprint density at radius 2 is 1.79 bits per heavy atom. The van der Waals surface area contributed by atoms with E-state index in [1.54, 1.807) is 6.92 Å². The molecule has 4 aliphatic rings. The molecule has 0 spiro atoms. The molecule has 0 unspecified atom stereocenters. The third-order valence-corrected chi connectivity index (χ3v) is 10.9. The number of carbonyl (C=O) groups excluding carboxylic acids is 2. The molecule has 0 aromatic heterocycles. The van der Waals surface area contributed by atoms with Crippen molar-refractivity contribution in [3.63, 3.8) is 0 Å². The summed E-state index contributed by atoms with van der Waals surface area (Å²) in [7, 11) is 0. The first-order valence-corrected chi connectivity index (χ1v) is 13.6. The van der Waals surface area contributed by atoms with Crippen molar-refractivity contribution in [2.75, 3.05) is 6.54 Å². The van der Waals surface area contributed by atoms with Crippen molar-refractivity contribution in [1.82, 2.24) is 5.32 Å². The van der Waals surface area contributed by atoms with Crippen molar-refractivity contribution in [2.24, 2.45) is 46.3 Å². The van der Waals surface area contributed by atoms with Crippen molar-refractivity contribution in [1.29, 1.82) is 0 Å². The maximum atomic E-state index is 12.1. The van der Waals surface area contributed by atoms with Crippen LogP contribution < -0.4 is 5.32 Å². The van der Waals surface area contributed by atoms with Gasteiger partial charge in [0.1, 0.15) is 6.10 Å². The smallest absolute Gasteiger partial charge is 0.302 e. The molecule has 0 aliphatic heterocycles. The first kappa shape index (κ1) is 24.6. The van der Waals surface area contributed by atoms with Crippen LogP contribution >= 0.6 is 0 Å². The Bertz CT molecular complexity index is 786. The molecule has 1 amide bonds. The van der Waals surface area contributed by atoms with Gasteiger partial charge in [0, 0.05) is 13.3 Å². The molecule has 4 saturated carbocycles. The van der Waals surface area contributed by atoms with E-state index in [-0.39, 0.29) is 18.0 Å². The monoisotopic (exact) mass is 455 g/mol. The number of nitrogens with one attached hydrogen (secondary N) is 1. The van der Waals surface area contributed by atoms with Gasteiger partial charge in [-0.1, -0.05) is 26.7 Å². The van der Waals surface area contributed by atoms with Gasteiger partial charge in [-0.2, -0.15) is 0 Å². The van der Waals surface area contributed by atoms with E-state index < -0.39 is 0 Å². The number of hydrogen-bond acceptors (Lipinski definition) is 3. The van der Waals surface area contributed by atoms with Crippen molar-refractivity contribution in [3.8, 4) is 12.3 Å². The molecule has 33 heavy (non-hydrogen) atoms. The molecule has 4 fully saturated rings. The summed E-state index contributed by atoms with van der Waals surface area (Å²) < 4.78 is 5.63. The van der Waals surface area contributed by atoms with Gasteiger partial charge in [-0.3, -0.25) is 9.59 Å². The SMILES string of the molecule is C#CCNC(=O)CC[C@@H](C)[C@H]1CC[C@H]2[C@@H]3CC[C@@H]4C[C@H](OC(C)=O)CC[C@]4(C)[C@H]3CC[C@]12C. The predicted molar refractivity (Wildman–Crippen MR) is 131 cm³/mol. The maximum absolute atomic E-state index is 12.1. The quantitative estimate of drug-likeness (QED) is 0.410. The van der Waals surface area contributed by atoms with Gasteiger partial charge in [-0.15, -0.1) is 6.42 Å². The van der Waals surface area contributed by atoms with Crippen molar-refractivity contribution < 1.29 is 14.3 Å². The summed E-state index contributed by atoms with van der Waals surface area (Å²) in [6.07, 6.45) is 18.3. The van der Waals surface area contributed by atoms with Crippen LogP contribution in [0.15, 0.2) is 0 Å². The lowest BCUT2D eigenvalue weighted by molar-refractivity contribution is -0.160. The van der Waals surface area contributed by atoms with Crippen molar-refractivity contribution in [3.05, 3.63) is 0 Å². The third-order valence-electron chi connectivity index (χ3n) is 10.9. The average molecular weight is 456 g/mol. The number of hydrogen-bond donors (Lipinski definition) is 1. The van der Waals surface area contributed by atoms with Gasteiger partial charge < -0.3 is 10.1 Å². The summed E-state index contributed by atoms with van der Waals surface area (Å²) in [5, 5.41) is 2.82. The van der Waals surface area contributed by atoms with Crippen LogP contribution in [-0.2, 0) is 14.3 Å². The van der Waals surface area contributed by atoms with E-state index >= 15 is 0 Å². The number of amides is 1. The summed E-state index contributed by atoms with van der Waals surface area (Å²) in [6, 6.07) is 0. The Labute approximate surface area is 201 Å². The molecule has 1 N–H and O–H groups in total. The van der Waals surface area contributed by atoms with Crippen LogP contribution in [0.1, 0.15) is 98.3 Å². The van der Waals surface area contributed by atoms with Gasteiger partial charge >= 0.3 is 5.97 Å². The van der Waals surface area contributed by atoms with Gasteiger partial charge in [0.2, 0.25) is 5.91 Å². The highest BCUT2D eigenvalue weighted by Gasteiger charge is 2.60. The van der Waals surface area contributed by atoms with Gasteiger partial charge in [-0.05, 0) is 111 Å². The van der Waals surface area contributed by atoms with Gasteiger partial charge in [-0.25, -0.2) is 0 Å². The number of rotatable bonds is 6. The second kappa shape index (κ2) is 9.63. The molecular weight excluding hydrogens is 410 g/mol. The lowest BCUT2D eigenvalue weighted by atomic mass is 9.44. The Morgan fingerprint density at radius 1 is 1.06 bits per heavy atom. The van der Waals surface area contributed by atoms with Crippen molar-refractivity contribution in [2.45, 2.75) is 104 Å². The highest BCUT2D eigenvalue weighted by Crippen LogP contribution is 2.68. The number of terminal acetylenes is 1. The van der Waals surface area contributed by atoms with E-state index in [1.165, 1.54) is 44.9 Å². The first-order valence-electron chi connectivity index (χ1n) is 13.6. The fraction of sp³-hybridized carbons (Fsp3) is 0.862. The zero-order chi connectivity index (χ0) is 23.8. The largest absolute Gasteiger partial charge is 0.463 e. The summed E-state index contributed by atoms with van der Waals surface area (Å²) in [4.78, 5) is 23.6. The molecule has 0 radical (unpaired) electrons. The number of ether oxygens (including phenoxy) is 1. The zero-order valence-electron chi connectivity index (χ0n) is 21.3. The Balaban J connectivity index is 1.40. The summed E-state index contributed by atoms with van der Waals surface area (Å²) >= 11 is 0. The molecule has 0 bridgehead atoms. The molecule has 0 heterocycles. The molecular formula is C29H45NO3. The summed E-state index contributed by atoms with van der Waals surface area (Å²) in [6.45, 7) is 9.43. The molecule has 9 atom stereocenters. The molecule has 184 valence electrons. The molecule has 0 aromatic carbocycles. The minimum atomic E-state index is -0.120. The normalized spacial score (nSPS) is 42.8. The standard InChI is InChI=1S/C29H45NO3/c1-6-17-30-27(32)12-7-19(2)24-10-11-25-23-9-8-21-18-22(33-20(3)31)13-15-28(21,4)26(23)14-16-29(24,25)5/h1,19,21-26H,7-18H2,2-5H3,(H,30,32)/t19-,21-,22-,23+,24-,25+,26+,28+,29-/m1/s1. The molecule has 0 aromatic rings. The summed E-state index contributed by atoms with van der Waals surface area (Å²) in [5.41, 5.74) is 0.841. The molecule has 4 heteroatoms. The van der Waals surface area contributed by atoms with Crippen LogP contribution in [0, 0.1) is 58.7 Å². The van der Waals surface area contributed by atoms with Crippen LogP contribution in [0.25, 0.3) is 0 Å². The van der Waals surface area contributed by atoms with E-state index in [4.69, 9.17) is 11.2 Å². The highest BCUT2D eigenvalue weighted by molar-refractivity contribution is 5.76. The fourth-order valence-corrected chi connectivity index (χ4v) is 9.33. The van der Waals surface area contributed by atoms with Gasteiger partial charge in [0.15, 0.2) is 0 Å². The molecule has 4 nitrogen and oxygen atoms in total. The van der Waals surface area contributed by atoms with E-state index in [1.807, 2.05) is 0 Å². The third kappa shape index (κ3) is 4.59. The fourth-order valence-electron chi connectivity index (χ4n) is 9.33. The molecule has 4 aliphatic carbocycles. The molecule has 4 rings (SSSR count). The Hall–Kier alpha value is -1.50. The molecule has 0 saturated heterocycles.